The van der Waals surface area contributed by atoms with Crippen molar-refractivity contribution in [3.8, 4) is 0 Å². The van der Waals surface area contributed by atoms with E-state index in [1.54, 1.807) is 19.2 Å². The Bertz CT molecular complexity index is 1080. The standard InChI is InChI=1S/C24H24ClFN2O4/c1-15-5-7-17(8-6-15)27-22(31)14-28(3)13-21(32-4)19(11-12-29)23-18(16(2)30)9-10-20(25)24(23)26/h5-13H,14H2,1-4H3,(H,27,31)/b19-11+,21-13+. The maximum Gasteiger partial charge on any atom is 0.243 e. The van der Waals surface area contributed by atoms with Gasteiger partial charge in [-0.25, -0.2) is 4.39 Å². The number of rotatable bonds is 9. The Hall–Kier alpha value is -3.45. The topological polar surface area (TPSA) is 75.7 Å². The second-order valence-corrected chi connectivity index (χ2v) is 7.49. The minimum absolute atomic E-state index is 0.0264. The monoisotopic (exact) mass is 458 g/mol. The van der Waals surface area contributed by atoms with Gasteiger partial charge in [-0.3, -0.25) is 14.4 Å². The zero-order valence-electron chi connectivity index (χ0n) is 18.2. The molecule has 2 aromatic carbocycles. The van der Waals surface area contributed by atoms with E-state index in [4.69, 9.17) is 16.3 Å². The number of amides is 1. The van der Waals surface area contributed by atoms with Crippen LogP contribution in [0.2, 0.25) is 5.02 Å². The van der Waals surface area contributed by atoms with E-state index in [0.717, 1.165) is 11.6 Å². The van der Waals surface area contributed by atoms with Gasteiger partial charge in [0.05, 0.1) is 18.7 Å². The summed E-state index contributed by atoms with van der Waals surface area (Å²) in [6.45, 7) is 3.18. The number of hydrogen-bond acceptors (Lipinski definition) is 5. The highest BCUT2D eigenvalue weighted by atomic mass is 35.5. The van der Waals surface area contributed by atoms with Crippen LogP contribution in [0.5, 0.6) is 0 Å². The molecule has 0 unspecified atom stereocenters. The second kappa shape index (κ2) is 11.2. The van der Waals surface area contributed by atoms with Crippen LogP contribution in [0.15, 0.2) is 54.4 Å². The molecule has 0 aliphatic heterocycles. The molecule has 0 aromatic heterocycles. The van der Waals surface area contributed by atoms with Crippen molar-refractivity contribution in [2.24, 2.45) is 0 Å². The average Bonchev–Trinajstić information content (AvgIpc) is 2.74. The van der Waals surface area contributed by atoms with E-state index >= 15 is 0 Å². The van der Waals surface area contributed by atoms with Gasteiger partial charge >= 0.3 is 0 Å². The van der Waals surface area contributed by atoms with Crippen molar-refractivity contribution in [2.75, 3.05) is 26.0 Å². The van der Waals surface area contributed by atoms with Crippen LogP contribution in [0, 0.1) is 12.7 Å². The van der Waals surface area contributed by atoms with Crippen molar-refractivity contribution in [3.63, 3.8) is 0 Å². The number of hydrogen-bond donors (Lipinski definition) is 1. The summed E-state index contributed by atoms with van der Waals surface area (Å²) >= 11 is 5.92. The van der Waals surface area contributed by atoms with Crippen molar-refractivity contribution in [2.45, 2.75) is 13.8 Å². The lowest BCUT2D eigenvalue weighted by Crippen LogP contribution is -2.27. The molecule has 32 heavy (non-hydrogen) atoms. The zero-order chi connectivity index (χ0) is 23.8. The minimum Gasteiger partial charge on any atom is -0.495 e. The first kappa shape index (κ1) is 24.8. The number of carbonyl (C=O) groups excluding carboxylic acids is 3. The van der Waals surface area contributed by atoms with Crippen LogP contribution in [-0.4, -0.2) is 43.6 Å². The van der Waals surface area contributed by atoms with Gasteiger partial charge in [-0.15, -0.1) is 0 Å². The van der Waals surface area contributed by atoms with Crippen molar-refractivity contribution in [3.05, 3.63) is 82.0 Å². The summed E-state index contributed by atoms with van der Waals surface area (Å²) < 4.78 is 20.3. The van der Waals surface area contributed by atoms with Crippen LogP contribution in [-0.2, 0) is 14.3 Å². The van der Waals surface area contributed by atoms with Crippen molar-refractivity contribution < 1.29 is 23.5 Å². The maximum atomic E-state index is 14.9. The summed E-state index contributed by atoms with van der Waals surface area (Å²) in [7, 11) is 2.95. The Kier molecular flexibility index (Phi) is 8.72. The Morgan fingerprint density at radius 2 is 1.84 bits per heavy atom. The van der Waals surface area contributed by atoms with Crippen LogP contribution < -0.4 is 5.32 Å². The number of allylic oxidation sites excluding steroid dienone is 2. The molecule has 0 fully saturated rings. The first-order chi connectivity index (χ1) is 15.2. The molecule has 0 saturated carbocycles. The quantitative estimate of drug-likeness (QED) is 0.195. The maximum absolute atomic E-state index is 14.9. The summed E-state index contributed by atoms with van der Waals surface area (Å²) in [5, 5.41) is 2.57. The number of anilines is 1. The molecule has 0 heterocycles. The number of Topliss-reactive ketones (excluding diaryl/α,β-unsaturated/α-hetero) is 1. The van der Waals surface area contributed by atoms with Gasteiger partial charge in [0.15, 0.2) is 5.78 Å². The lowest BCUT2D eigenvalue weighted by Gasteiger charge is -2.19. The number of nitrogens with one attached hydrogen (secondary N) is 1. The fourth-order valence-corrected chi connectivity index (χ4v) is 3.16. The van der Waals surface area contributed by atoms with Gasteiger partial charge in [-0.1, -0.05) is 29.3 Å². The zero-order valence-corrected chi connectivity index (χ0v) is 19.0. The Balaban J connectivity index is 2.35. The molecule has 168 valence electrons. The van der Waals surface area contributed by atoms with E-state index in [9.17, 15) is 18.8 Å². The number of aldehydes is 1. The van der Waals surface area contributed by atoms with Gasteiger partial charge in [-0.2, -0.15) is 0 Å². The number of nitrogens with zero attached hydrogens (tertiary/aromatic N) is 1. The fraction of sp³-hybridized carbons (Fsp3) is 0.208. The highest BCUT2D eigenvalue weighted by Gasteiger charge is 2.22. The first-order valence-corrected chi connectivity index (χ1v) is 10.0. The van der Waals surface area contributed by atoms with E-state index in [-0.39, 0.29) is 39.9 Å². The SMILES string of the molecule is COC(=C/N(C)CC(=O)Nc1ccc(C)cc1)/C(=C\C=O)c1c(C(C)=O)ccc(Cl)c1F. The van der Waals surface area contributed by atoms with Crippen molar-refractivity contribution >= 4 is 40.8 Å². The smallest absolute Gasteiger partial charge is 0.243 e. The summed E-state index contributed by atoms with van der Waals surface area (Å²) in [5.74, 6) is -1.47. The highest BCUT2D eigenvalue weighted by molar-refractivity contribution is 6.31. The number of ketones is 1. The summed E-state index contributed by atoms with van der Waals surface area (Å²) in [5.41, 5.74) is 1.64. The molecule has 0 radical (unpaired) electrons. The van der Waals surface area contributed by atoms with Crippen LogP contribution in [0.4, 0.5) is 10.1 Å². The van der Waals surface area contributed by atoms with Crippen LogP contribution in [0.25, 0.3) is 5.57 Å². The average molecular weight is 459 g/mol. The first-order valence-electron chi connectivity index (χ1n) is 9.65. The van der Waals surface area contributed by atoms with Gasteiger partial charge in [0, 0.05) is 35.6 Å². The number of benzene rings is 2. The predicted octanol–water partition coefficient (Wildman–Crippen LogP) is 4.63. The Morgan fingerprint density at radius 1 is 1.19 bits per heavy atom. The number of methoxy groups -OCH3 is 1. The molecule has 1 amide bonds. The highest BCUT2D eigenvalue weighted by Crippen LogP contribution is 2.33. The summed E-state index contributed by atoms with van der Waals surface area (Å²) in [4.78, 5) is 37.2. The molecule has 0 spiro atoms. The third-order valence-electron chi connectivity index (χ3n) is 4.53. The van der Waals surface area contributed by atoms with Crippen LogP contribution in [0.1, 0.15) is 28.4 Å². The molecule has 0 aliphatic rings. The van der Waals surface area contributed by atoms with E-state index < -0.39 is 11.6 Å². The molecule has 2 rings (SSSR count). The van der Waals surface area contributed by atoms with Crippen LogP contribution >= 0.6 is 11.6 Å². The van der Waals surface area contributed by atoms with E-state index in [2.05, 4.69) is 5.32 Å². The number of carbonyl (C=O) groups is 3. The molecule has 0 aliphatic carbocycles. The molecule has 6 nitrogen and oxygen atoms in total. The van der Waals surface area contributed by atoms with Gasteiger partial charge < -0.3 is 15.0 Å². The fourth-order valence-electron chi connectivity index (χ4n) is 3.01. The largest absolute Gasteiger partial charge is 0.495 e. The minimum atomic E-state index is -0.852. The summed E-state index contributed by atoms with van der Waals surface area (Å²) in [6.07, 6.45) is 2.97. The van der Waals surface area contributed by atoms with E-state index in [1.165, 1.54) is 37.3 Å². The van der Waals surface area contributed by atoms with Gasteiger partial charge in [0.1, 0.15) is 17.9 Å². The third-order valence-corrected chi connectivity index (χ3v) is 4.82. The van der Waals surface area contributed by atoms with Gasteiger partial charge in [0.25, 0.3) is 0 Å². The number of likely N-dealkylation sites (N-methyl/N-ethyl adjacent to an activating group) is 1. The predicted molar refractivity (Wildman–Crippen MR) is 123 cm³/mol. The number of aryl methyl sites for hydroxylation is 1. The van der Waals surface area contributed by atoms with Crippen molar-refractivity contribution in [1.82, 2.24) is 4.90 Å². The molecule has 0 saturated heterocycles. The normalized spacial score (nSPS) is 11.7. The number of halogens is 2. The Labute approximate surface area is 191 Å². The molecule has 0 bridgehead atoms. The molecule has 1 N–H and O–H groups in total. The van der Waals surface area contributed by atoms with E-state index in [0.29, 0.717) is 12.0 Å². The molecule has 8 heteroatoms. The van der Waals surface area contributed by atoms with E-state index in [1.807, 2.05) is 19.1 Å². The molecule has 0 atom stereocenters. The Morgan fingerprint density at radius 3 is 2.41 bits per heavy atom. The molecular formula is C24H24ClFN2O4. The number of ether oxygens (including phenoxy) is 1. The molecule has 2 aromatic rings. The lowest BCUT2D eigenvalue weighted by atomic mass is 9.95. The lowest BCUT2D eigenvalue weighted by molar-refractivity contribution is -0.116. The van der Waals surface area contributed by atoms with Gasteiger partial charge in [-0.05, 0) is 44.2 Å². The summed E-state index contributed by atoms with van der Waals surface area (Å²) in [6, 6.07) is 10.00. The van der Waals surface area contributed by atoms with Gasteiger partial charge in [0.2, 0.25) is 5.91 Å². The van der Waals surface area contributed by atoms with Crippen molar-refractivity contribution in [1.29, 1.82) is 0 Å². The molecular weight excluding hydrogens is 435 g/mol. The van der Waals surface area contributed by atoms with Crippen LogP contribution in [0.3, 0.4) is 0 Å². The second-order valence-electron chi connectivity index (χ2n) is 7.08. The third kappa shape index (κ3) is 6.28.